The van der Waals surface area contributed by atoms with Gasteiger partial charge in [0.15, 0.2) is 17.7 Å². The van der Waals surface area contributed by atoms with E-state index in [4.69, 9.17) is 4.74 Å². The minimum absolute atomic E-state index is 0.0337. The average molecular weight is 377 g/mol. The number of anilines is 1. The third-order valence-electron chi connectivity index (χ3n) is 4.10. The molecule has 0 spiro atoms. The summed E-state index contributed by atoms with van der Waals surface area (Å²) in [4.78, 5) is 37.4. The molecule has 142 valence electrons. The first kappa shape index (κ1) is 18.3. The van der Waals surface area contributed by atoms with Gasteiger partial charge in [-0.1, -0.05) is 5.21 Å². The number of esters is 1. The Hall–Kier alpha value is -3.50. The number of amides is 2. The number of hydrogen-bond donors (Lipinski definition) is 0. The predicted octanol–water partition coefficient (Wildman–Crippen LogP) is 0.954. The Kier molecular flexibility index (Phi) is 4.75. The number of benzene rings is 1. The molecule has 1 aliphatic rings. The lowest BCUT2D eigenvalue weighted by Gasteiger charge is -2.20. The summed E-state index contributed by atoms with van der Waals surface area (Å²) in [5, 5.41) is 7.30. The SMILES string of the molecule is COC(=O)c1cn(-c2ccc(N3CC(N(C)C(C)=O)OC3=O)cc2F)nn1. The zero-order valence-electron chi connectivity index (χ0n) is 14.7. The van der Waals surface area contributed by atoms with Gasteiger partial charge in [0.1, 0.15) is 5.69 Å². The van der Waals surface area contributed by atoms with Crippen LogP contribution in [0.25, 0.3) is 5.69 Å². The fraction of sp³-hybridized carbons (Fsp3) is 0.312. The van der Waals surface area contributed by atoms with Crippen molar-refractivity contribution in [1.82, 2.24) is 19.9 Å². The molecule has 0 aliphatic carbocycles. The van der Waals surface area contributed by atoms with Crippen LogP contribution >= 0.6 is 0 Å². The molecule has 0 radical (unpaired) electrons. The Morgan fingerprint density at radius 3 is 2.78 bits per heavy atom. The van der Waals surface area contributed by atoms with Crippen LogP contribution in [0.1, 0.15) is 17.4 Å². The standard InChI is InChI=1S/C16H16FN5O5/c1-9(23)20(2)14-8-21(16(25)27-14)10-4-5-13(11(17)6-10)22-7-12(18-19-22)15(24)26-3/h4-7,14H,8H2,1-3H3. The molecule has 1 atom stereocenters. The summed E-state index contributed by atoms with van der Waals surface area (Å²) in [6.07, 6.45) is -0.212. The van der Waals surface area contributed by atoms with Crippen LogP contribution in [0.2, 0.25) is 0 Å². The Morgan fingerprint density at radius 1 is 1.41 bits per heavy atom. The summed E-state index contributed by atoms with van der Waals surface area (Å²) in [5.74, 6) is -1.65. The molecule has 0 N–H and O–H groups in total. The third-order valence-corrected chi connectivity index (χ3v) is 4.10. The predicted molar refractivity (Wildman–Crippen MR) is 88.7 cm³/mol. The first-order valence-corrected chi connectivity index (χ1v) is 7.84. The van der Waals surface area contributed by atoms with Gasteiger partial charge in [-0.25, -0.2) is 18.7 Å². The lowest BCUT2D eigenvalue weighted by molar-refractivity contribution is -0.134. The maximum absolute atomic E-state index is 14.5. The number of nitrogens with zero attached hydrogens (tertiary/aromatic N) is 5. The average Bonchev–Trinajstić information content (AvgIpc) is 3.27. The number of ether oxygens (including phenoxy) is 2. The van der Waals surface area contributed by atoms with E-state index in [1.165, 1.54) is 49.2 Å². The first-order chi connectivity index (χ1) is 12.8. The molecule has 1 unspecified atom stereocenters. The third kappa shape index (κ3) is 3.43. The van der Waals surface area contributed by atoms with Gasteiger partial charge in [-0.3, -0.25) is 9.69 Å². The zero-order chi connectivity index (χ0) is 19.7. The quantitative estimate of drug-likeness (QED) is 0.730. The number of carbonyl (C=O) groups excluding carboxylic acids is 3. The molecule has 1 fully saturated rings. The highest BCUT2D eigenvalue weighted by molar-refractivity contribution is 5.90. The van der Waals surface area contributed by atoms with E-state index in [-0.39, 0.29) is 29.5 Å². The lowest BCUT2D eigenvalue weighted by atomic mass is 10.2. The van der Waals surface area contributed by atoms with Gasteiger partial charge in [0.2, 0.25) is 5.91 Å². The second-order valence-electron chi connectivity index (χ2n) is 5.75. The van der Waals surface area contributed by atoms with Crippen LogP contribution in [-0.2, 0) is 14.3 Å². The second-order valence-corrected chi connectivity index (χ2v) is 5.75. The lowest BCUT2D eigenvalue weighted by Crippen LogP contribution is -2.38. The molecular weight excluding hydrogens is 361 g/mol. The van der Waals surface area contributed by atoms with Gasteiger partial charge in [-0.2, -0.15) is 0 Å². The molecule has 1 aromatic carbocycles. The molecular formula is C16H16FN5O5. The molecule has 1 aliphatic heterocycles. The zero-order valence-corrected chi connectivity index (χ0v) is 14.7. The van der Waals surface area contributed by atoms with E-state index in [2.05, 4.69) is 15.0 Å². The van der Waals surface area contributed by atoms with Gasteiger partial charge in [-0.15, -0.1) is 5.10 Å². The van der Waals surface area contributed by atoms with Gasteiger partial charge < -0.3 is 14.4 Å². The molecule has 27 heavy (non-hydrogen) atoms. The van der Waals surface area contributed by atoms with E-state index in [9.17, 15) is 18.8 Å². The smallest absolute Gasteiger partial charge is 0.416 e. The molecule has 3 rings (SSSR count). The second kappa shape index (κ2) is 7.02. The van der Waals surface area contributed by atoms with Gasteiger partial charge >= 0.3 is 12.1 Å². The van der Waals surface area contributed by atoms with Crippen LogP contribution in [0.15, 0.2) is 24.4 Å². The van der Waals surface area contributed by atoms with Crippen molar-refractivity contribution < 1.29 is 28.2 Å². The molecule has 2 heterocycles. The summed E-state index contributed by atoms with van der Waals surface area (Å²) >= 11 is 0. The van der Waals surface area contributed by atoms with Crippen LogP contribution in [0.3, 0.4) is 0 Å². The number of methoxy groups -OCH3 is 1. The fourth-order valence-electron chi connectivity index (χ4n) is 2.49. The highest BCUT2D eigenvalue weighted by Gasteiger charge is 2.36. The van der Waals surface area contributed by atoms with Gasteiger partial charge in [0.05, 0.1) is 25.5 Å². The summed E-state index contributed by atoms with van der Waals surface area (Å²) in [6.45, 7) is 1.43. The minimum atomic E-state index is -0.754. The summed E-state index contributed by atoms with van der Waals surface area (Å²) in [7, 11) is 2.71. The van der Waals surface area contributed by atoms with E-state index in [1.54, 1.807) is 0 Å². The van der Waals surface area contributed by atoms with E-state index >= 15 is 0 Å². The van der Waals surface area contributed by atoms with Gasteiger partial charge in [0, 0.05) is 14.0 Å². The van der Waals surface area contributed by atoms with E-state index in [0.717, 1.165) is 10.7 Å². The van der Waals surface area contributed by atoms with Crippen molar-refractivity contribution in [3.05, 3.63) is 35.9 Å². The molecule has 0 saturated carbocycles. The minimum Gasteiger partial charge on any atom is -0.464 e. The van der Waals surface area contributed by atoms with Crippen LogP contribution in [-0.4, -0.2) is 64.8 Å². The number of cyclic esters (lactones) is 1. The topological polar surface area (TPSA) is 107 Å². The van der Waals surface area contributed by atoms with E-state index in [0.29, 0.717) is 0 Å². The molecule has 1 saturated heterocycles. The normalized spacial score (nSPS) is 16.2. The molecule has 10 nitrogen and oxygen atoms in total. The van der Waals surface area contributed by atoms with E-state index in [1.807, 2.05) is 0 Å². The van der Waals surface area contributed by atoms with Crippen LogP contribution in [0.5, 0.6) is 0 Å². The summed E-state index contributed by atoms with van der Waals surface area (Å²) < 4.78 is 25.3. The Labute approximate surface area is 153 Å². The Bertz CT molecular complexity index is 914. The molecule has 1 aromatic heterocycles. The van der Waals surface area contributed by atoms with Crippen molar-refractivity contribution in [2.45, 2.75) is 13.2 Å². The van der Waals surface area contributed by atoms with Crippen LogP contribution in [0, 0.1) is 5.82 Å². The molecule has 2 amide bonds. The Balaban J connectivity index is 1.83. The summed E-state index contributed by atoms with van der Waals surface area (Å²) in [6, 6.07) is 4.01. The van der Waals surface area contributed by atoms with Crippen molar-refractivity contribution >= 4 is 23.7 Å². The van der Waals surface area contributed by atoms with Crippen molar-refractivity contribution in [3.63, 3.8) is 0 Å². The van der Waals surface area contributed by atoms with Crippen molar-refractivity contribution in [2.75, 3.05) is 25.6 Å². The number of aromatic nitrogens is 3. The fourth-order valence-corrected chi connectivity index (χ4v) is 2.49. The number of carbonyl (C=O) groups is 3. The van der Waals surface area contributed by atoms with Crippen molar-refractivity contribution in [2.24, 2.45) is 0 Å². The Morgan fingerprint density at radius 2 is 2.15 bits per heavy atom. The summed E-state index contributed by atoms with van der Waals surface area (Å²) in [5.41, 5.74) is 0.222. The van der Waals surface area contributed by atoms with Gasteiger partial charge in [0.25, 0.3) is 0 Å². The van der Waals surface area contributed by atoms with Crippen LogP contribution in [0.4, 0.5) is 14.9 Å². The maximum Gasteiger partial charge on any atom is 0.416 e. The van der Waals surface area contributed by atoms with Crippen molar-refractivity contribution in [3.8, 4) is 5.69 Å². The maximum atomic E-state index is 14.5. The number of rotatable bonds is 4. The largest absolute Gasteiger partial charge is 0.464 e. The molecule has 11 heteroatoms. The molecule has 2 aromatic rings. The highest BCUT2D eigenvalue weighted by atomic mass is 19.1. The van der Waals surface area contributed by atoms with Crippen molar-refractivity contribution in [1.29, 1.82) is 0 Å². The monoisotopic (exact) mass is 377 g/mol. The van der Waals surface area contributed by atoms with E-state index < -0.39 is 24.1 Å². The van der Waals surface area contributed by atoms with Gasteiger partial charge in [-0.05, 0) is 18.2 Å². The van der Waals surface area contributed by atoms with Crippen LogP contribution < -0.4 is 4.90 Å². The first-order valence-electron chi connectivity index (χ1n) is 7.84. The number of halogens is 1. The molecule has 0 bridgehead atoms. The number of likely N-dealkylation sites (N-methyl/N-ethyl adjacent to an activating group) is 1. The highest BCUT2D eigenvalue weighted by Crippen LogP contribution is 2.26. The number of hydrogen-bond acceptors (Lipinski definition) is 7.